The molecule has 112 valence electrons. The van der Waals surface area contributed by atoms with Crippen LogP contribution in [0.5, 0.6) is 0 Å². The Balaban J connectivity index is 2.82. The number of rotatable bonds is 3. The van der Waals surface area contributed by atoms with Gasteiger partial charge >= 0.3 is 18.7 Å². The molecule has 1 heterocycles. The van der Waals surface area contributed by atoms with Crippen LogP contribution < -0.4 is 0 Å². The van der Waals surface area contributed by atoms with Crippen molar-refractivity contribution in [2.45, 2.75) is 12.7 Å². The maximum absolute atomic E-state index is 13.1. The van der Waals surface area contributed by atoms with Crippen molar-refractivity contribution in [1.82, 2.24) is 9.78 Å². The Morgan fingerprint density at radius 2 is 1.76 bits per heavy atom. The summed E-state index contributed by atoms with van der Waals surface area (Å²) in [4.78, 5) is 10.9. The minimum absolute atomic E-state index is 0.105. The fourth-order valence-corrected chi connectivity index (χ4v) is 1.85. The van der Waals surface area contributed by atoms with Crippen LogP contribution in [0.2, 0.25) is 0 Å². The van der Waals surface area contributed by atoms with E-state index in [4.69, 9.17) is 5.11 Å². The number of nitrogens with zero attached hydrogens (tertiary/aromatic N) is 2. The van der Waals surface area contributed by atoms with Gasteiger partial charge < -0.3 is 5.11 Å². The highest BCUT2D eigenvalue weighted by Gasteiger charge is 2.43. The van der Waals surface area contributed by atoms with Crippen molar-refractivity contribution >= 4 is 5.97 Å². The first-order valence-electron chi connectivity index (χ1n) is 5.50. The zero-order valence-electron chi connectivity index (χ0n) is 10.1. The second kappa shape index (κ2) is 5.15. The molecule has 0 amide bonds. The van der Waals surface area contributed by atoms with Gasteiger partial charge in [0.05, 0.1) is 0 Å². The number of hydrogen-bond donors (Lipinski definition) is 1. The van der Waals surface area contributed by atoms with Gasteiger partial charge in [-0.05, 0) is 0 Å². The zero-order chi connectivity index (χ0) is 15.8. The summed E-state index contributed by atoms with van der Waals surface area (Å²) in [5.74, 6) is -2.13. The molecule has 0 saturated heterocycles. The lowest BCUT2D eigenvalue weighted by Gasteiger charge is -2.08. The fraction of sp³-hybridized carbons (Fsp3) is 0.167. The van der Waals surface area contributed by atoms with Gasteiger partial charge in [0.25, 0.3) is 0 Å². The lowest BCUT2D eigenvalue weighted by Crippen LogP contribution is -2.16. The number of carboxylic acids is 1. The first-order valence-corrected chi connectivity index (χ1v) is 5.50. The molecule has 0 unspecified atom stereocenters. The zero-order valence-corrected chi connectivity index (χ0v) is 10.1. The number of benzene rings is 1. The molecule has 2 rings (SSSR count). The number of halogens is 5. The molecule has 0 radical (unpaired) electrons. The molecule has 2 aromatic rings. The lowest BCUT2D eigenvalue weighted by atomic mass is 10.1. The maximum Gasteiger partial charge on any atom is 0.420 e. The number of aromatic carboxylic acids is 1. The average molecular weight is 306 g/mol. The summed E-state index contributed by atoms with van der Waals surface area (Å²) in [6.07, 6.45) is -5.13. The number of aromatic nitrogens is 2. The van der Waals surface area contributed by atoms with Gasteiger partial charge in [-0.3, -0.25) is 0 Å². The monoisotopic (exact) mass is 306 g/mol. The van der Waals surface area contributed by atoms with Crippen molar-refractivity contribution in [1.29, 1.82) is 0 Å². The van der Waals surface area contributed by atoms with Crippen molar-refractivity contribution in [2.75, 3.05) is 0 Å². The molecule has 21 heavy (non-hydrogen) atoms. The number of hydrogen-bond acceptors (Lipinski definition) is 2. The Hall–Kier alpha value is -2.45. The molecule has 0 aliphatic heterocycles. The predicted molar refractivity (Wildman–Crippen MR) is 60.9 cm³/mol. The van der Waals surface area contributed by atoms with Crippen LogP contribution in [0.1, 0.15) is 22.6 Å². The fourth-order valence-electron chi connectivity index (χ4n) is 1.85. The van der Waals surface area contributed by atoms with Gasteiger partial charge in [-0.1, -0.05) is 30.3 Å². The van der Waals surface area contributed by atoms with E-state index >= 15 is 0 Å². The van der Waals surface area contributed by atoms with E-state index in [1.165, 1.54) is 30.3 Å². The second-order valence-corrected chi connectivity index (χ2v) is 3.96. The van der Waals surface area contributed by atoms with E-state index < -0.39 is 40.3 Å². The van der Waals surface area contributed by atoms with Crippen LogP contribution in [-0.4, -0.2) is 20.9 Å². The Morgan fingerprint density at radius 1 is 1.19 bits per heavy atom. The van der Waals surface area contributed by atoms with Gasteiger partial charge in [-0.15, -0.1) is 0 Å². The van der Waals surface area contributed by atoms with Crippen LogP contribution in [0.3, 0.4) is 0 Å². The van der Waals surface area contributed by atoms with Gasteiger partial charge in [-0.25, -0.2) is 4.79 Å². The summed E-state index contributed by atoms with van der Waals surface area (Å²) in [5.41, 5.74) is -4.23. The van der Waals surface area contributed by atoms with E-state index in [-0.39, 0.29) is 5.56 Å². The average Bonchev–Trinajstić information content (AvgIpc) is 2.80. The summed E-state index contributed by atoms with van der Waals surface area (Å²) in [7, 11) is 0. The molecule has 1 aromatic heterocycles. The second-order valence-electron chi connectivity index (χ2n) is 3.96. The molecule has 0 fully saturated rings. The van der Waals surface area contributed by atoms with Gasteiger partial charge in [0.15, 0.2) is 5.69 Å². The minimum atomic E-state index is -5.13. The van der Waals surface area contributed by atoms with E-state index in [1.807, 2.05) is 0 Å². The largest absolute Gasteiger partial charge is 0.477 e. The molecular formula is C12H7F5N2O2. The molecular weight excluding hydrogens is 299 g/mol. The lowest BCUT2D eigenvalue weighted by molar-refractivity contribution is -0.137. The molecule has 1 N–H and O–H groups in total. The van der Waals surface area contributed by atoms with Crippen LogP contribution in [0.15, 0.2) is 30.3 Å². The number of alkyl halides is 5. The molecule has 9 heteroatoms. The standard InChI is InChI=1S/C12H7F5N2O2/c13-11(14)19-9(10(20)21)7(12(15,16)17)8(18-19)6-4-2-1-3-5-6/h1-5,11H,(H,20,21). The first-order chi connectivity index (χ1) is 9.73. The third-order valence-corrected chi connectivity index (χ3v) is 2.63. The molecule has 0 aliphatic rings. The number of carbonyl (C=O) groups is 1. The van der Waals surface area contributed by atoms with Gasteiger partial charge in [-0.2, -0.15) is 31.7 Å². The molecule has 0 atom stereocenters. The highest BCUT2D eigenvalue weighted by molar-refractivity contribution is 5.90. The summed E-state index contributed by atoms with van der Waals surface area (Å²) in [6.45, 7) is -3.50. The van der Waals surface area contributed by atoms with Gasteiger partial charge in [0.1, 0.15) is 11.3 Å². The molecule has 0 saturated carbocycles. The Kier molecular flexibility index (Phi) is 3.67. The Morgan fingerprint density at radius 3 is 2.19 bits per heavy atom. The molecule has 0 spiro atoms. The predicted octanol–water partition coefficient (Wildman–Crippen LogP) is 3.66. The minimum Gasteiger partial charge on any atom is -0.477 e. The molecule has 0 bridgehead atoms. The van der Waals surface area contributed by atoms with Crippen LogP contribution in [0, 0.1) is 0 Å². The van der Waals surface area contributed by atoms with E-state index in [0.29, 0.717) is 0 Å². The normalized spacial score (nSPS) is 11.9. The quantitative estimate of drug-likeness (QED) is 0.880. The molecule has 4 nitrogen and oxygen atoms in total. The van der Waals surface area contributed by atoms with Gasteiger partial charge in [0.2, 0.25) is 0 Å². The first kappa shape index (κ1) is 14.9. The van der Waals surface area contributed by atoms with Crippen molar-refractivity contribution in [3.63, 3.8) is 0 Å². The summed E-state index contributed by atoms with van der Waals surface area (Å²) in [5, 5.41) is 12.0. The number of carboxylic acid groups (broad SMARTS) is 1. The van der Waals surface area contributed by atoms with Crippen LogP contribution in [0.25, 0.3) is 11.3 Å². The molecule has 0 aliphatic carbocycles. The van der Waals surface area contributed by atoms with Crippen LogP contribution in [0.4, 0.5) is 22.0 Å². The topological polar surface area (TPSA) is 55.1 Å². The SMILES string of the molecule is O=C(O)c1c(C(F)(F)F)c(-c2ccccc2)nn1C(F)F. The summed E-state index contributed by atoms with van der Waals surface area (Å²) >= 11 is 0. The van der Waals surface area contributed by atoms with Crippen molar-refractivity contribution in [3.8, 4) is 11.3 Å². The van der Waals surface area contributed by atoms with Crippen LogP contribution in [-0.2, 0) is 6.18 Å². The maximum atomic E-state index is 13.1. The molecule has 1 aromatic carbocycles. The van der Waals surface area contributed by atoms with E-state index in [0.717, 1.165) is 0 Å². The third kappa shape index (κ3) is 2.71. The van der Waals surface area contributed by atoms with Gasteiger partial charge in [0, 0.05) is 5.56 Å². The van der Waals surface area contributed by atoms with E-state index in [9.17, 15) is 26.7 Å². The van der Waals surface area contributed by atoms with E-state index in [2.05, 4.69) is 5.10 Å². The van der Waals surface area contributed by atoms with Crippen LogP contribution >= 0.6 is 0 Å². The Bertz CT molecular complexity index is 664. The third-order valence-electron chi connectivity index (χ3n) is 2.63. The highest BCUT2D eigenvalue weighted by Crippen LogP contribution is 2.40. The van der Waals surface area contributed by atoms with Crippen molar-refractivity contribution in [2.24, 2.45) is 0 Å². The highest BCUT2D eigenvalue weighted by atomic mass is 19.4. The Labute approximate surface area is 114 Å². The summed E-state index contributed by atoms with van der Waals surface area (Å²) < 4.78 is 64.3. The summed E-state index contributed by atoms with van der Waals surface area (Å²) in [6, 6.07) is 6.73. The smallest absolute Gasteiger partial charge is 0.420 e. The van der Waals surface area contributed by atoms with E-state index in [1.54, 1.807) is 0 Å². The van der Waals surface area contributed by atoms with Crippen molar-refractivity contribution in [3.05, 3.63) is 41.6 Å². The van der Waals surface area contributed by atoms with Crippen molar-refractivity contribution < 1.29 is 31.9 Å².